The van der Waals surface area contributed by atoms with Crippen molar-refractivity contribution in [1.29, 1.82) is 0 Å². The van der Waals surface area contributed by atoms with Crippen molar-refractivity contribution in [2.75, 3.05) is 0 Å². The van der Waals surface area contributed by atoms with Crippen LogP contribution in [0.2, 0.25) is 0 Å². The number of fused-ring (bicyclic) bond motifs is 3. The van der Waals surface area contributed by atoms with Crippen LogP contribution in [0.4, 0.5) is 0 Å². The van der Waals surface area contributed by atoms with E-state index >= 15 is 0 Å². The largest absolute Gasteiger partial charge is 0.507 e. The molecule has 0 unspecified atom stereocenters. The number of phenolic OH excluding ortho intramolecular Hbond substituents is 2. The highest BCUT2D eigenvalue weighted by atomic mass is 16.5. The fraction of sp³-hybridized carbons (Fsp3) is 0.360. The number of ketones is 3. The van der Waals surface area contributed by atoms with Crippen LogP contribution in [0.15, 0.2) is 27.6 Å². The first-order valence-electron chi connectivity index (χ1n) is 11.6. The molecule has 12 heteroatoms. The topological polar surface area (TPSA) is 181 Å². The van der Waals surface area contributed by atoms with Gasteiger partial charge < -0.3 is 30.1 Å². The predicted molar refractivity (Wildman–Crippen MR) is 125 cm³/mol. The minimum absolute atomic E-state index is 0.0171. The summed E-state index contributed by atoms with van der Waals surface area (Å²) in [5.41, 5.74) is -1.66. The molecule has 0 radical (unpaired) electrons. The molecule has 1 aliphatic carbocycles. The van der Waals surface area contributed by atoms with Gasteiger partial charge in [-0.25, -0.2) is 0 Å². The number of carbonyl (C=O) groups is 4. The Kier molecular flexibility index (Phi) is 5.43. The zero-order valence-electron chi connectivity index (χ0n) is 20.5. The molecule has 3 heterocycles. The number of nitrogens with one attached hydrogen (secondary N) is 2. The van der Waals surface area contributed by atoms with E-state index in [2.05, 4.69) is 20.8 Å². The van der Waals surface area contributed by atoms with Gasteiger partial charge in [0.2, 0.25) is 11.8 Å². The maximum Gasteiger partial charge on any atom is 0.249 e. The number of aromatic hydroxyl groups is 2. The first kappa shape index (κ1) is 24.2. The number of allylic oxidation sites excluding steroid dienone is 4. The SMILES string of the molecule is CC(=O)c1c(O)c(C)c(O)c2c1OC1=CC(=O)/C(=C(/C)NCc3noc([C@@H]4CCC(=O)N4)n3)C(=O)[C@@]12C. The lowest BCUT2D eigenvalue weighted by Gasteiger charge is -2.29. The van der Waals surface area contributed by atoms with E-state index in [0.29, 0.717) is 12.8 Å². The number of amides is 1. The van der Waals surface area contributed by atoms with Crippen molar-refractivity contribution in [2.45, 2.75) is 58.5 Å². The zero-order valence-corrected chi connectivity index (χ0v) is 20.5. The third kappa shape index (κ3) is 3.51. The third-order valence-electron chi connectivity index (χ3n) is 7.05. The number of ether oxygens (including phenoxy) is 1. The van der Waals surface area contributed by atoms with Gasteiger partial charge in [0.05, 0.1) is 17.7 Å². The highest BCUT2D eigenvalue weighted by molar-refractivity contribution is 6.31. The molecule has 2 atom stereocenters. The van der Waals surface area contributed by atoms with E-state index in [1.54, 1.807) is 6.92 Å². The van der Waals surface area contributed by atoms with Gasteiger partial charge in [-0.2, -0.15) is 4.98 Å². The van der Waals surface area contributed by atoms with Crippen LogP contribution in [0.1, 0.15) is 72.9 Å². The maximum absolute atomic E-state index is 13.8. The Balaban J connectivity index is 1.48. The van der Waals surface area contributed by atoms with E-state index in [9.17, 15) is 29.4 Å². The van der Waals surface area contributed by atoms with Crippen molar-refractivity contribution in [2.24, 2.45) is 0 Å². The van der Waals surface area contributed by atoms with Crippen molar-refractivity contribution in [3.8, 4) is 17.2 Å². The van der Waals surface area contributed by atoms with Gasteiger partial charge in [-0.3, -0.25) is 19.2 Å². The molecule has 4 N–H and O–H groups in total. The lowest BCUT2D eigenvalue weighted by atomic mass is 9.70. The molecule has 1 amide bonds. The first-order valence-corrected chi connectivity index (χ1v) is 11.6. The molecular weight excluding hydrogens is 484 g/mol. The van der Waals surface area contributed by atoms with E-state index in [0.717, 1.165) is 6.08 Å². The van der Waals surface area contributed by atoms with E-state index in [1.807, 2.05) is 0 Å². The second-order valence-corrected chi connectivity index (χ2v) is 9.45. The number of aromatic nitrogens is 2. The highest BCUT2D eigenvalue weighted by Crippen LogP contribution is 2.57. The molecule has 1 fully saturated rings. The number of hydrogen-bond donors (Lipinski definition) is 4. The average molecular weight is 508 g/mol. The van der Waals surface area contributed by atoms with Crippen molar-refractivity contribution >= 4 is 23.3 Å². The Labute approximate surface area is 210 Å². The Hall–Kier alpha value is -4.48. The molecule has 1 aromatic carbocycles. The number of Topliss-reactive ketones (excluding diaryl/α,β-unsaturated/α-hetero) is 2. The molecule has 12 nitrogen and oxygen atoms in total. The minimum atomic E-state index is -1.60. The lowest BCUT2D eigenvalue weighted by molar-refractivity contribution is -0.124. The summed E-state index contributed by atoms with van der Waals surface area (Å²) in [6.07, 6.45) is 2.07. The van der Waals surface area contributed by atoms with Crippen LogP contribution in [0.3, 0.4) is 0 Å². The van der Waals surface area contributed by atoms with Crippen molar-refractivity contribution in [3.05, 3.63) is 51.5 Å². The van der Waals surface area contributed by atoms with Gasteiger partial charge in [-0.1, -0.05) is 5.16 Å². The van der Waals surface area contributed by atoms with Gasteiger partial charge in [0, 0.05) is 23.8 Å². The number of nitrogens with zero attached hydrogens (tertiary/aromatic N) is 2. The fourth-order valence-corrected chi connectivity index (χ4v) is 4.94. The summed E-state index contributed by atoms with van der Waals surface area (Å²) in [7, 11) is 0. The highest BCUT2D eigenvalue weighted by Gasteiger charge is 2.56. The van der Waals surface area contributed by atoms with Crippen LogP contribution in [-0.4, -0.2) is 43.6 Å². The standard InChI is InChI=1S/C25H24N4O8/c1-9-20(33)18(11(3)30)22-19(21(9)34)25(4)14(36-22)7-13(31)17(23(25)35)10(2)26-8-15-28-24(37-29-15)12-5-6-16(32)27-12/h7,12,26,33-34H,5-6,8H2,1-4H3,(H,27,32)/b17-10+/t12-,25-/m0/s1. The second-order valence-electron chi connectivity index (χ2n) is 9.45. The monoisotopic (exact) mass is 508 g/mol. The summed E-state index contributed by atoms with van der Waals surface area (Å²) in [6.45, 7) is 5.72. The number of carbonyl (C=O) groups excluding carboxylic acids is 4. The van der Waals surface area contributed by atoms with Gasteiger partial charge in [0.15, 0.2) is 23.2 Å². The molecule has 37 heavy (non-hydrogen) atoms. The van der Waals surface area contributed by atoms with Crippen molar-refractivity contribution in [1.82, 2.24) is 20.8 Å². The summed E-state index contributed by atoms with van der Waals surface area (Å²) in [5, 5.41) is 30.9. The van der Waals surface area contributed by atoms with Crippen molar-refractivity contribution in [3.63, 3.8) is 0 Å². The summed E-state index contributed by atoms with van der Waals surface area (Å²) >= 11 is 0. The first-order chi connectivity index (χ1) is 17.4. The van der Waals surface area contributed by atoms with Gasteiger partial charge in [-0.05, 0) is 34.1 Å². The molecule has 1 aromatic heterocycles. The normalized spacial score (nSPS) is 23.7. The second kappa shape index (κ2) is 8.29. The van der Waals surface area contributed by atoms with E-state index < -0.39 is 34.3 Å². The summed E-state index contributed by atoms with van der Waals surface area (Å²) < 4.78 is 11.0. The smallest absolute Gasteiger partial charge is 0.249 e. The summed E-state index contributed by atoms with van der Waals surface area (Å²) in [5.74, 6) is -2.38. The number of phenols is 2. The Morgan fingerprint density at radius 1 is 1.24 bits per heavy atom. The Morgan fingerprint density at radius 2 is 1.97 bits per heavy atom. The minimum Gasteiger partial charge on any atom is -0.507 e. The van der Waals surface area contributed by atoms with Crippen LogP contribution in [0.25, 0.3) is 0 Å². The number of hydrogen-bond acceptors (Lipinski definition) is 11. The molecule has 2 aliphatic heterocycles. The van der Waals surface area contributed by atoms with Crippen molar-refractivity contribution < 1.29 is 38.7 Å². The van der Waals surface area contributed by atoms with E-state index in [4.69, 9.17) is 9.26 Å². The quantitative estimate of drug-likeness (QED) is 0.262. The average Bonchev–Trinajstić information content (AvgIpc) is 3.54. The summed E-state index contributed by atoms with van der Waals surface area (Å²) in [4.78, 5) is 54.8. The molecule has 3 aliphatic rings. The van der Waals surface area contributed by atoms with Crippen LogP contribution in [0, 0.1) is 6.92 Å². The lowest BCUT2D eigenvalue weighted by Crippen LogP contribution is -2.41. The molecule has 5 rings (SSSR count). The van der Waals surface area contributed by atoms with Gasteiger partial charge >= 0.3 is 0 Å². The molecule has 192 valence electrons. The summed E-state index contributed by atoms with van der Waals surface area (Å²) in [6, 6.07) is -0.351. The van der Waals surface area contributed by atoms with E-state index in [1.165, 1.54) is 20.8 Å². The van der Waals surface area contributed by atoms with Crippen LogP contribution < -0.4 is 15.4 Å². The number of benzene rings is 1. The Bertz CT molecular complexity index is 1480. The fourth-order valence-electron chi connectivity index (χ4n) is 4.94. The molecule has 0 bridgehead atoms. The molecule has 0 saturated carbocycles. The van der Waals surface area contributed by atoms with Crippen LogP contribution in [-0.2, 0) is 26.3 Å². The Morgan fingerprint density at radius 3 is 2.62 bits per heavy atom. The number of rotatable bonds is 5. The maximum atomic E-state index is 13.8. The van der Waals surface area contributed by atoms with Gasteiger partial charge in [0.1, 0.15) is 40.0 Å². The van der Waals surface area contributed by atoms with Gasteiger partial charge in [-0.15, -0.1) is 0 Å². The molecule has 0 spiro atoms. The van der Waals surface area contributed by atoms with Crippen LogP contribution >= 0.6 is 0 Å². The van der Waals surface area contributed by atoms with Gasteiger partial charge in [0.25, 0.3) is 0 Å². The van der Waals surface area contributed by atoms with Crippen LogP contribution in [0.5, 0.6) is 17.2 Å². The predicted octanol–water partition coefficient (Wildman–Crippen LogP) is 1.69. The molecular formula is C25H24N4O8. The molecule has 2 aromatic rings. The molecule has 1 saturated heterocycles. The third-order valence-corrected chi connectivity index (χ3v) is 7.05. The zero-order chi connectivity index (χ0) is 26.8. The van der Waals surface area contributed by atoms with E-state index in [-0.39, 0.29) is 69.7 Å².